The Kier molecular flexibility index (Phi) is 3.66. The Labute approximate surface area is 124 Å². The highest BCUT2D eigenvalue weighted by atomic mass is 15.0. The van der Waals surface area contributed by atoms with Gasteiger partial charge in [0, 0.05) is 12.6 Å². The second kappa shape index (κ2) is 5.18. The van der Waals surface area contributed by atoms with Crippen LogP contribution in [0.3, 0.4) is 0 Å². The number of rotatable bonds is 4. The molecular formula is C19H29N. The van der Waals surface area contributed by atoms with Crippen molar-refractivity contribution in [2.75, 3.05) is 6.54 Å². The predicted octanol–water partition coefficient (Wildman–Crippen LogP) is 4.87. The number of hydrogen-bond donors (Lipinski definition) is 1. The van der Waals surface area contributed by atoms with Crippen molar-refractivity contribution in [3.05, 3.63) is 35.4 Å². The van der Waals surface area contributed by atoms with Gasteiger partial charge in [-0.2, -0.15) is 0 Å². The van der Waals surface area contributed by atoms with Gasteiger partial charge >= 0.3 is 0 Å². The topological polar surface area (TPSA) is 12.0 Å². The van der Waals surface area contributed by atoms with E-state index in [1.165, 1.54) is 45.1 Å². The highest BCUT2D eigenvalue weighted by Crippen LogP contribution is 2.47. The maximum atomic E-state index is 3.96. The van der Waals surface area contributed by atoms with Crippen molar-refractivity contribution in [1.82, 2.24) is 5.32 Å². The van der Waals surface area contributed by atoms with Gasteiger partial charge in [0.2, 0.25) is 0 Å². The van der Waals surface area contributed by atoms with E-state index < -0.39 is 0 Å². The van der Waals surface area contributed by atoms with E-state index in [2.05, 4.69) is 50.4 Å². The molecule has 20 heavy (non-hydrogen) atoms. The molecule has 1 N–H and O–H groups in total. The minimum atomic E-state index is 0.344. The zero-order valence-corrected chi connectivity index (χ0v) is 13.3. The number of benzene rings is 1. The van der Waals surface area contributed by atoms with Gasteiger partial charge in [-0.05, 0) is 47.6 Å². The fourth-order valence-electron chi connectivity index (χ4n) is 4.48. The summed E-state index contributed by atoms with van der Waals surface area (Å²) < 4.78 is 0. The SMILES string of the molecule is CCC1(CNC2c3ccccc3CC2(C)C)CCCC1. The molecule has 110 valence electrons. The Morgan fingerprint density at radius 1 is 1.15 bits per heavy atom. The van der Waals surface area contributed by atoms with E-state index >= 15 is 0 Å². The summed E-state index contributed by atoms with van der Waals surface area (Å²) in [6, 6.07) is 9.54. The van der Waals surface area contributed by atoms with Gasteiger partial charge in [-0.25, -0.2) is 0 Å². The van der Waals surface area contributed by atoms with Gasteiger partial charge < -0.3 is 5.32 Å². The highest BCUT2D eigenvalue weighted by molar-refractivity contribution is 5.37. The molecule has 1 nitrogen and oxygen atoms in total. The van der Waals surface area contributed by atoms with E-state index in [4.69, 9.17) is 0 Å². The van der Waals surface area contributed by atoms with Crippen molar-refractivity contribution in [2.24, 2.45) is 10.8 Å². The van der Waals surface area contributed by atoms with Crippen molar-refractivity contribution in [2.45, 2.75) is 65.3 Å². The predicted molar refractivity (Wildman–Crippen MR) is 85.9 cm³/mol. The zero-order chi connectivity index (χ0) is 14.2. The molecule has 0 spiro atoms. The summed E-state index contributed by atoms with van der Waals surface area (Å²) in [5.41, 5.74) is 4.01. The molecule has 0 bridgehead atoms. The summed E-state index contributed by atoms with van der Waals surface area (Å²) in [6.07, 6.45) is 8.24. The van der Waals surface area contributed by atoms with E-state index in [0.717, 1.165) is 0 Å². The average molecular weight is 271 g/mol. The first-order valence-electron chi connectivity index (χ1n) is 8.38. The first-order valence-corrected chi connectivity index (χ1v) is 8.38. The Balaban J connectivity index is 1.76. The van der Waals surface area contributed by atoms with Crippen LogP contribution in [0.15, 0.2) is 24.3 Å². The second-order valence-corrected chi connectivity index (χ2v) is 7.74. The molecular weight excluding hydrogens is 242 g/mol. The molecule has 3 rings (SSSR count). The van der Waals surface area contributed by atoms with Crippen molar-refractivity contribution >= 4 is 0 Å². The maximum absolute atomic E-state index is 3.96. The second-order valence-electron chi connectivity index (χ2n) is 7.74. The van der Waals surface area contributed by atoms with Crippen LogP contribution in [0.2, 0.25) is 0 Å². The minimum absolute atomic E-state index is 0.344. The van der Waals surface area contributed by atoms with Crippen LogP contribution in [0.5, 0.6) is 0 Å². The summed E-state index contributed by atoms with van der Waals surface area (Å²) in [7, 11) is 0. The fourth-order valence-corrected chi connectivity index (χ4v) is 4.48. The van der Waals surface area contributed by atoms with Crippen molar-refractivity contribution < 1.29 is 0 Å². The summed E-state index contributed by atoms with van der Waals surface area (Å²) in [5.74, 6) is 0. The van der Waals surface area contributed by atoms with Crippen LogP contribution in [0, 0.1) is 10.8 Å². The molecule has 1 aromatic rings. The van der Waals surface area contributed by atoms with Gasteiger partial charge in [0.1, 0.15) is 0 Å². The van der Waals surface area contributed by atoms with Crippen LogP contribution < -0.4 is 5.32 Å². The monoisotopic (exact) mass is 271 g/mol. The largest absolute Gasteiger partial charge is 0.309 e. The van der Waals surface area contributed by atoms with Gasteiger partial charge in [0.15, 0.2) is 0 Å². The molecule has 0 radical (unpaired) electrons. The molecule has 1 fully saturated rings. The molecule has 0 heterocycles. The van der Waals surface area contributed by atoms with Crippen molar-refractivity contribution in [3.63, 3.8) is 0 Å². The summed E-state index contributed by atoms with van der Waals surface area (Å²) in [6.45, 7) is 8.41. The van der Waals surface area contributed by atoms with E-state index in [0.29, 0.717) is 16.9 Å². The molecule has 1 saturated carbocycles. The first kappa shape index (κ1) is 14.1. The lowest BCUT2D eigenvalue weighted by atomic mass is 9.81. The molecule has 0 aromatic heterocycles. The lowest BCUT2D eigenvalue weighted by Gasteiger charge is -2.34. The molecule has 0 aliphatic heterocycles. The van der Waals surface area contributed by atoms with E-state index in [9.17, 15) is 0 Å². The van der Waals surface area contributed by atoms with E-state index in [1.54, 1.807) is 11.1 Å². The summed E-state index contributed by atoms with van der Waals surface area (Å²) in [5, 5.41) is 3.96. The Hall–Kier alpha value is -0.820. The van der Waals surface area contributed by atoms with Gasteiger partial charge in [-0.1, -0.05) is 57.9 Å². The van der Waals surface area contributed by atoms with Crippen molar-refractivity contribution in [1.29, 1.82) is 0 Å². The third-order valence-corrected chi connectivity index (χ3v) is 5.89. The Morgan fingerprint density at radius 3 is 2.55 bits per heavy atom. The normalized spacial score (nSPS) is 26.6. The van der Waals surface area contributed by atoms with Gasteiger partial charge in [0.05, 0.1) is 0 Å². The Morgan fingerprint density at radius 2 is 1.85 bits per heavy atom. The molecule has 0 saturated heterocycles. The molecule has 2 aliphatic carbocycles. The average Bonchev–Trinajstić information content (AvgIpc) is 2.98. The van der Waals surface area contributed by atoms with E-state index in [1.807, 2.05) is 0 Å². The van der Waals surface area contributed by atoms with Crippen LogP contribution >= 0.6 is 0 Å². The molecule has 0 amide bonds. The lowest BCUT2D eigenvalue weighted by molar-refractivity contribution is 0.206. The smallest absolute Gasteiger partial charge is 0.0377 e. The maximum Gasteiger partial charge on any atom is 0.0377 e. The van der Waals surface area contributed by atoms with Crippen LogP contribution in [-0.4, -0.2) is 6.54 Å². The van der Waals surface area contributed by atoms with Crippen LogP contribution in [0.4, 0.5) is 0 Å². The van der Waals surface area contributed by atoms with Crippen LogP contribution in [0.1, 0.15) is 70.0 Å². The summed E-state index contributed by atoms with van der Waals surface area (Å²) >= 11 is 0. The molecule has 2 aliphatic rings. The first-order chi connectivity index (χ1) is 9.56. The number of nitrogens with one attached hydrogen (secondary N) is 1. The highest BCUT2D eigenvalue weighted by Gasteiger charge is 2.40. The van der Waals surface area contributed by atoms with Crippen LogP contribution in [0.25, 0.3) is 0 Å². The van der Waals surface area contributed by atoms with Gasteiger partial charge in [-0.15, -0.1) is 0 Å². The third-order valence-electron chi connectivity index (χ3n) is 5.89. The van der Waals surface area contributed by atoms with Crippen LogP contribution in [-0.2, 0) is 6.42 Å². The Bertz CT molecular complexity index is 468. The fraction of sp³-hybridized carbons (Fsp3) is 0.684. The summed E-state index contributed by atoms with van der Waals surface area (Å²) in [4.78, 5) is 0. The zero-order valence-electron chi connectivity index (χ0n) is 13.3. The molecule has 1 unspecified atom stereocenters. The van der Waals surface area contributed by atoms with Crippen molar-refractivity contribution in [3.8, 4) is 0 Å². The van der Waals surface area contributed by atoms with Gasteiger partial charge in [0.25, 0.3) is 0 Å². The lowest BCUT2D eigenvalue weighted by Crippen LogP contribution is -2.38. The molecule has 1 aromatic carbocycles. The molecule has 1 heteroatoms. The van der Waals surface area contributed by atoms with Gasteiger partial charge in [-0.3, -0.25) is 0 Å². The molecule has 1 atom stereocenters. The van der Waals surface area contributed by atoms with E-state index in [-0.39, 0.29) is 0 Å². The number of fused-ring (bicyclic) bond motifs is 1. The number of hydrogen-bond acceptors (Lipinski definition) is 1. The quantitative estimate of drug-likeness (QED) is 0.823. The standard InChI is InChI=1S/C19H29N/c1-4-19(11-7-8-12-19)14-20-17-16-10-6-5-9-15(16)13-18(17,2)3/h5-6,9-10,17,20H,4,7-8,11-14H2,1-3H3. The minimum Gasteiger partial charge on any atom is -0.309 e. The third kappa shape index (κ3) is 2.41.